The fourth-order valence-electron chi connectivity index (χ4n) is 3.57. The van der Waals surface area contributed by atoms with Crippen LogP contribution >= 0.6 is 0 Å². The highest BCUT2D eigenvalue weighted by Gasteiger charge is 2.26. The summed E-state index contributed by atoms with van der Waals surface area (Å²) in [4.78, 5) is 14.8. The summed E-state index contributed by atoms with van der Waals surface area (Å²) in [6.07, 6.45) is 3.21. The van der Waals surface area contributed by atoms with Crippen LogP contribution in [0.15, 0.2) is 60.8 Å². The van der Waals surface area contributed by atoms with Crippen LogP contribution in [0.4, 0.5) is 4.39 Å². The van der Waals surface area contributed by atoms with Crippen LogP contribution in [0.25, 0.3) is 11.3 Å². The molecule has 1 aromatic heterocycles. The van der Waals surface area contributed by atoms with Gasteiger partial charge in [0, 0.05) is 18.7 Å². The summed E-state index contributed by atoms with van der Waals surface area (Å²) in [5.74, 6) is 0.440. The van der Waals surface area contributed by atoms with E-state index in [0.717, 1.165) is 24.2 Å². The van der Waals surface area contributed by atoms with E-state index in [0.29, 0.717) is 37.6 Å². The molecule has 1 fully saturated rings. The molecule has 0 saturated carbocycles. The second-order valence-corrected chi connectivity index (χ2v) is 7.19. The van der Waals surface area contributed by atoms with E-state index in [1.54, 1.807) is 12.1 Å². The molecule has 0 bridgehead atoms. The highest BCUT2D eigenvalue weighted by atomic mass is 19.1. The fourth-order valence-corrected chi connectivity index (χ4v) is 3.57. The predicted molar refractivity (Wildman–Crippen MR) is 111 cm³/mol. The van der Waals surface area contributed by atoms with Gasteiger partial charge in [0.25, 0.3) is 5.91 Å². The molecule has 4 rings (SSSR count). The number of nitrogens with zero attached hydrogens (tertiary/aromatic N) is 2. The molecule has 1 aliphatic rings. The number of rotatable bonds is 7. The average Bonchev–Trinajstić information content (AvgIpc) is 3.28. The van der Waals surface area contributed by atoms with Gasteiger partial charge in [0.1, 0.15) is 18.2 Å². The third kappa shape index (κ3) is 4.86. The lowest BCUT2D eigenvalue weighted by Gasteiger charge is -2.32. The Morgan fingerprint density at radius 2 is 1.80 bits per heavy atom. The van der Waals surface area contributed by atoms with Gasteiger partial charge in [-0.1, -0.05) is 18.2 Å². The molecule has 2 heterocycles. The molecule has 1 amide bonds. The van der Waals surface area contributed by atoms with Crippen LogP contribution in [0.2, 0.25) is 0 Å². The topological polar surface area (TPSA) is 67.5 Å². The van der Waals surface area contributed by atoms with E-state index in [1.165, 1.54) is 18.3 Å². The van der Waals surface area contributed by atoms with E-state index in [1.807, 2.05) is 35.2 Å². The van der Waals surface area contributed by atoms with Gasteiger partial charge >= 0.3 is 0 Å². The minimum absolute atomic E-state index is 0.0751. The quantitative estimate of drug-likeness (QED) is 0.601. The van der Waals surface area contributed by atoms with Gasteiger partial charge in [0.05, 0.1) is 30.2 Å². The SMILES string of the molecule is O=C(c1cn[nH]c1-c1ccc(F)cc1)N1CCC(OCCOc2ccccc2)CC1. The minimum atomic E-state index is -0.317. The number of benzene rings is 2. The standard InChI is InChI=1S/C23H24FN3O3/c24-18-8-6-17(7-9-18)22-21(16-25-26-22)23(28)27-12-10-20(11-13-27)30-15-14-29-19-4-2-1-3-5-19/h1-9,16,20H,10-15H2,(H,25,26). The van der Waals surface area contributed by atoms with Crippen molar-refractivity contribution in [1.29, 1.82) is 0 Å². The zero-order valence-electron chi connectivity index (χ0n) is 16.6. The number of ether oxygens (including phenoxy) is 2. The summed E-state index contributed by atoms with van der Waals surface area (Å²) in [6.45, 7) is 2.26. The van der Waals surface area contributed by atoms with Gasteiger partial charge in [0.2, 0.25) is 0 Å². The third-order valence-electron chi connectivity index (χ3n) is 5.18. The van der Waals surface area contributed by atoms with E-state index in [-0.39, 0.29) is 17.8 Å². The van der Waals surface area contributed by atoms with E-state index in [9.17, 15) is 9.18 Å². The Bertz CT molecular complexity index is 951. The van der Waals surface area contributed by atoms with Gasteiger partial charge in [-0.05, 0) is 49.2 Å². The van der Waals surface area contributed by atoms with Crippen molar-refractivity contribution in [3.8, 4) is 17.0 Å². The Kier molecular flexibility index (Phi) is 6.39. The predicted octanol–water partition coefficient (Wildman–Crippen LogP) is 3.92. The van der Waals surface area contributed by atoms with Gasteiger partial charge in [-0.3, -0.25) is 9.89 Å². The monoisotopic (exact) mass is 409 g/mol. The van der Waals surface area contributed by atoms with Crippen molar-refractivity contribution >= 4 is 5.91 Å². The Labute approximate surface area is 174 Å². The first-order valence-electron chi connectivity index (χ1n) is 10.1. The molecule has 1 aliphatic heterocycles. The van der Waals surface area contributed by atoms with Crippen LogP contribution in [0.3, 0.4) is 0 Å². The van der Waals surface area contributed by atoms with Crippen LogP contribution < -0.4 is 4.74 Å². The highest BCUT2D eigenvalue weighted by Crippen LogP contribution is 2.24. The molecule has 0 radical (unpaired) electrons. The van der Waals surface area contributed by atoms with Crippen molar-refractivity contribution in [2.24, 2.45) is 0 Å². The number of carbonyl (C=O) groups excluding carboxylic acids is 1. The summed E-state index contributed by atoms with van der Waals surface area (Å²) in [5, 5.41) is 6.88. The zero-order valence-corrected chi connectivity index (χ0v) is 16.6. The van der Waals surface area contributed by atoms with Gasteiger partial charge < -0.3 is 14.4 Å². The number of H-pyrrole nitrogens is 1. The van der Waals surface area contributed by atoms with Crippen LogP contribution in [-0.2, 0) is 4.74 Å². The number of aromatic nitrogens is 2. The Balaban J connectivity index is 1.26. The first-order chi connectivity index (χ1) is 14.7. The molecule has 3 aromatic rings. The van der Waals surface area contributed by atoms with Gasteiger partial charge in [-0.15, -0.1) is 0 Å². The van der Waals surface area contributed by atoms with Crippen molar-refractivity contribution in [1.82, 2.24) is 15.1 Å². The van der Waals surface area contributed by atoms with Crippen molar-refractivity contribution in [3.63, 3.8) is 0 Å². The van der Waals surface area contributed by atoms with Gasteiger partial charge in [-0.25, -0.2) is 4.39 Å². The number of piperidine rings is 1. The maximum Gasteiger partial charge on any atom is 0.257 e. The number of para-hydroxylation sites is 1. The van der Waals surface area contributed by atoms with Gasteiger partial charge in [0.15, 0.2) is 0 Å². The molecule has 2 aromatic carbocycles. The highest BCUT2D eigenvalue weighted by molar-refractivity contribution is 5.99. The van der Waals surface area contributed by atoms with Crippen LogP contribution in [-0.4, -0.2) is 53.4 Å². The molecule has 7 heteroatoms. The van der Waals surface area contributed by atoms with E-state index < -0.39 is 0 Å². The van der Waals surface area contributed by atoms with E-state index >= 15 is 0 Å². The molecular weight excluding hydrogens is 385 g/mol. The first kappa shape index (κ1) is 20.1. The van der Waals surface area contributed by atoms with Crippen molar-refractivity contribution in [3.05, 3.63) is 72.2 Å². The van der Waals surface area contributed by atoms with Crippen molar-refractivity contribution < 1.29 is 18.7 Å². The molecule has 1 N–H and O–H groups in total. The summed E-state index contributed by atoms with van der Waals surface area (Å²) in [7, 11) is 0. The van der Waals surface area contributed by atoms with Crippen molar-refractivity contribution in [2.75, 3.05) is 26.3 Å². The summed E-state index contributed by atoms with van der Waals surface area (Å²) >= 11 is 0. The fraction of sp³-hybridized carbons (Fsp3) is 0.304. The smallest absolute Gasteiger partial charge is 0.257 e. The molecule has 156 valence electrons. The molecule has 30 heavy (non-hydrogen) atoms. The van der Waals surface area contributed by atoms with E-state index in [2.05, 4.69) is 10.2 Å². The maximum absolute atomic E-state index is 13.2. The average molecular weight is 409 g/mol. The second kappa shape index (κ2) is 9.54. The third-order valence-corrected chi connectivity index (χ3v) is 5.18. The number of hydrogen-bond acceptors (Lipinski definition) is 4. The van der Waals surface area contributed by atoms with Crippen LogP contribution in [0.5, 0.6) is 5.75 Å². The number of aromatic amines is 1. The number of likely N-dealkylation sites (tertiary alicyclic amines) is 1. The maximum atomic E-state index is 13.2. The lowest BCUT2D eigenvalue weighted by atomic mass is 10.0. The number of halogens is 1. The molecule has 0 aliphatic carbocycles. The van der Waals surface area contributed by atoms with Crippen LogP contribution in [0.1, 0.15) is 23.2 Å². The normalized spacial score (nSPS) is 14.6. The second-order valence-electron chi connectivity index (χ2n) is 7.19. The minimum Gasteiger partial charge on any atom is -0.491 e. The molecule has 0 atom stereocenters. The molecular formula is C23H24FN3O3. The Hall–Kier alpha value is -3.19. The number of nitrogens with one attached hydrogen (secondary N) is 1. The lowest BCUT2D eigenvalue weighted by Crippen LogP contribution is -2.41. The Morgan fingerprint density at radius 3 is 2.53 bits per heavy atom. The van der Waals surface area contributed by atoms with Crippen molar-refractivity contribution in [2.45, 2.75) is 18.9 Å². The molecule has 0 unspecified atom stereocenters. The number of carbonyl (C=O) groups is 1. The largest absolute Gasteiger partial charge is 0.491 e. The van der Waals surface area contributed by atoms with Crippen LogP contribution in [0, 0.1) is 5.82 Å². The first-order valence-corrected chi connectivity index (χ1v) is 10.1. The zero-order chi connectivity index (χ0) is 20.8. The number of amides is 1. The van der Waals surface area contributed by atoms with E-state index in [4.69, 9.17) is 9.47 Å². The summed E-state index contributed by atoms with van der Waals surface area (Å²) < 4.78 is 24.7. The molecule has 0 spiro atoms. The van der Waals surface area contributed by atoms with Gasteiger partial charge in [-0.2, -0.15) is 5.10 Å². The molecule has 1 saturated heterocycles. The molecule has 6 nitrogen and oxygen atoms in total. The Morgan fingerprint density at radius 1 is 1.07 bits per heavy atom. The lowest BCUT2D eigenvalue weighted by molar-refractivity contribution is -0.00236. The summed E-state index contributed by atoms with van der Waals surface area (Å²) in [5.41, 5.74) is 1.84. The summed E-state index contributed by atoms with van der Waals surface area (Å²) in [6, 6.07) is 15.7. The number of hydrogen-bond donors (Lipinski definition) is 1.